The van der Waals surface area contributed by atoms with E-state index in [9.17, 15) is 4.79 Å². The van der Waals surface area contributed by atoms with Gasteiger partial charge in [0.1, 0.15) is 5.82 Å². The van der Waals surface area contributed by atoms with Crippen molar-refractivity contribution < 1.29 is 4.79 Å². The normalized spacial score (nSPS) is 20.6. The third-order valence-corrected chi connectivity index (χ3v) is 5.40. The van der Waals surface area contributed by atoms with E-state index >= 15 is 0 Å². The monoisotopic (exact) mass is 289 g/mol. The first-order chi connectivity index (χ1) is 10.1. The van der Waals surface area contributed by atoms with Gasteiger partial charge in [0.15, 0.2) is 0 Å². The maximum Gasteiger partial charge on any atom is 0.225 e. The van der Waals surface area contributed by atoms with Gasteiger partial charge in [-0.25, -0.2) is 4.98 Å². The van der Waals surface area contributed by atoms with Crippen molar-refractivity contribution in [2.75, 3.05) is 13.1 Å². The van der Waals surface area contributed by atoms with E-state index in [4.69, 9.17) is 0 Å². The summed E-state index contributed by atoms with van der Waals surface area (Å²) < 4.78 is 2.31. The van der Waals surface area contributed by atoms with Crippen LogP contribution in [0.3, 0.4) is 0 Å². The fourth-order valence-corrected chi connectivity index (χ4v) is 3.59. The Morgan fingerprint density at radius 1 is 1.24 bits per heavy atom. The van der Waals surface area contributed by atoms with Crippen molar-refractivity contribution in [1.29, 1.82) is 0 Å². The summed E-state index contributed by atoms with van der Waals surface area (Å²) in [5.41, 5.74) is 1.25. The summed E-state index contributed by atoms with van der Waals surface area (Å²) in [6, 6.07) is 0. The zero-order valence-corrected chi connectivity index (χ0v) is 13.3. The van der Waals surface area contributed by atoms with Crippen LogP contribution in [0.4, 0.5) is 0 Å². The lowest BCUT2D eigenvalue weighted by molar-refractivity contribution is -0.139. The second-order valence-corrected chi connectivity index (χ2v) is 6.78. The van der Waals surface area contributed by atoms with Crippen molar-refractivity contribution in [3.63, 3.8) is 0 Å². The van der Waals surface area contributed by atoms with Gasteiger partial charge in [-0.15, -0.1) is 0 Å². The van der Waals surface area contributed by atoms with Crippen molar-refractivity contribution in [1.82, 2.24) is 14.5 Å². The van der Waals surface area contributed by atoms with Crippen LogP contribution in [0, 0.1) is 25.7 Å². The van der Waals surface area contributed by atoms with E-state index < -0.39 is 0 Å². The molecule has 2 aliphatic rings. The predicted molar refractivity (Wildman–Crippen MR) is 83.0 cm³/mol. The van der Waals surface area contributed by atoms with Gasteiger partial charge in [0.05, 0.1) is 0 Å². The Morgan fingerprint density at radius 2 is 1.95 bits per heavy atom. The maximum absolute atomic E-state index is 12.2. The van der Waals surface area contributed by atoms with E-state index in [1.165, 1.54) is 31.4 Å². The SMILES string of the molecule is Cc1cnc(C)n1CCC1CCN(C(=O)C2CCC2)CC1. The van der Waals surface area contributed by atoms with Crippen LogP contribution >= 0.6 is 0 Å². The molecule has 0 aromatic carbocycles. The minimum absolute atomic E-state index is 0.359. The van der Waals surface area contributed by atoms with Crippen LogP contribution in [0.25, 0.3) is 0 Å². The zero-order chi connectivity index (χ0) is 14.8. The van der Waals surface area contributed by atoms with E-state index in [-0.39, 0.29) is 0 Å². The number of piperidine rings is 1. The molecule has 0 N–H and O–H groups in total. The van der Waals surface area contributed by atoms with Gasteiger partial charge in [-0.3, -0.25) is 4.79 Å². The molecule has 0 radical (unpaired) electrons. The smallest absolute Gasteiger partial charge is 0.225 e. The predicted octanol–water partition coefficient (Wildman–Crippen LogP) is 2.93. The summed E-state index contributed by atoms with van der Waals surface area (Å²) >= 11 is 0. The topological polar surface area (TPSA) is 38.1 Å². The molecule has 1 aromatic rings. The highest BCUT2D eigenvalue weighted by molar-refractivity contribution is 5.79. The number of carbonyl (C=O) groups excluding carboxylic acids is 1. The molecular weight excluding hydrogens is 262 g/mol. The van der Waals surface area contributed by atoms with E-state index in [0.717, 1.165) is 44.2 Å². The van der Waals surface area contributed by atoms with Gasteiger partial charge >= 0.3 is 0 Å². The second kappa shape index (κ2) is 6.20. The summed E-state index contributed by atoms with van der Waals surface area (Å²) in [6.07, 6.45) is 9.00. The number of aromatic nitrogens is 2. The molecule has 1 aromatic heterocycles. The van der Waals surface area contributed by atoms with Crippen LogP contribution in [0.5, 0.6) is 0 Å². The average Bonchev–Trinajstić information content (AvgIpc) is 2.74. The lowest BCUT2D eigenvalue weighted by atomic mass is 9.83. The van der Waals surface area contributed by atoms with Crippen LogP contribution in [0.1, 0.15) is 50.0 Å². The first-order valence-electron chi connectivity index (χ1n) is 8.42. The Hall–Kier alpha value is -1.32. The number of nitrogens with zero attached hydrogens (tertiary/aromatic N) is 3. The molecule has 1 saturated heterocycles. The van der Waals surface area contributed by atoms with Gasteiger partial charge in [0.2, 0.25) is 5.91 Å². The average molecular weight is 289 g/mol. The number of hydrogen-bond donors (Lipinski definition) is 0. The Balaban J connectivity index is 1.44. The van der Waals surface area contributed by atoms with Gasteiger partial charge in [0, 0.05) is 37.4 Å². The summed E-state index contributed by atoms with van der Waals surface area (Å²) in [5.74, 6) is 2.67. The highest BCUT2D eigenvalue weighted by Crippen LogP contribution is 2.30. The van der Waals surface area contributed by atoms with Crippen LogP contribution in [-0.2, 0) is 11.3 Å². The van der Waals surface area contributed by atoms with Crippen molar-refractivity contribution in [2.45, 2.75) is 58.9 Å². The van der Waals surface area contributed by atoms with Crippen LogP contribution in [0.2, 0.25) is 0 Å². The zero-order valence-electron chi connectivity index (χ0n) is 13.3. The lowest BCUT2D eigenvalue weighted by Crippen LogP contribution is -2.43. The molecule has 3 rings (SSSR count). The highest BCUT2D eigenvalue weighted by Gasteiger charge is 2.31. The summed E-state index contributed by atoms with van der Waals surface area (Å²) in [6.45, 7) is 7.22. The Labute approximate surface area is 127 Å². The molecular formula is C17H27N3O. The van der Waals surface area contributed by atoms with Gasteiger partial charge in [-0.1, -0.05) is 6.42 Å². The molecule has 116 valence electrons. The number of likely N-dealkylation sites (tertiary alicyclic amines) is 1. The molecule has 0 bridgehead atoms. The fraction of sp³-hybridized carbons (Fsp3) is 0.765. The number of imidazole rings is 1. The molecule has 1 aliphatic carbocycles. The first-order valence-corrected chi connectivity index (χ1v) is 8.42. The van der Waals surface area contributed by atoms with Crippen molar-refractivity contribution >= 4 is 5.91 Å². The standard InChI is InChI=1S/C17H27N3O/c1-13-12-18-14(2)20(13)11-8-15-6-9-19(10-7-15)17(21)16-4-3-5-16/h12,15-16H,3-11H2,1-2H3. The Kier molecular flexibility index (Phi) is 4.32. The van der Waals surface area contributed by atoms with Crippen LogP contribution < -0.4 is 0 Å². The van der Waals surface area contributed by atoms with Crippen molar-refractivity contribution in [3.8, 4) is 0 Å². The van der Waals surface area contributed by atoms with E-state index in [1.54, 1.807) is 0 Å². The van der Waals surface area contributed by atoms with E-state index in [1.807, 2.05) is 6.20 Å². The molecule has 4 nitrogen and oxygen atoms in total. The minimum atomic E-state index is 0.359. The van der Waals surface area contributed by atoms with Gasteiger partial charge in [-0.2, -0.15) is 0 Å². The highest BCUT2D eigenvalue weighted by atomic mass is 16.2. The lowest BCUT2D eigenvalue weighted by Gasteiger charge is -2.36. The number of hydrogen-bond acceptors (Lipinski definition) is 2. The number of carbonyl (C=O) groups is 1. The Bertz CT molecular complexity index is 477. The van der Waals surface area contributed by atoms with E-state index in [2.05, 4.69) is 28.3 Å². The molecule has 1 saturated carbocycles. The molecule has 4 heteroatoms. The molecule has 0 atom stereocenters. The molecule has 2 fully saturated rings. The molecule has 21 heavy (non-hydrogen) atoms. The van der Waals surface area contributed by atoms with Crippen LogP contribution in [-0.4, -0.2) is 33.4 Å². The maximum atomic E-state index is 12.2. The first kappa shape index (κ1) is 14.6. The third kappa shape index (κ3) is 3.14. The summed E-state index contributed by atoms with van der Waals surface area (Å²) in [7, 11) is 0. The van der Waals surface area contributed by atoms with Crippen molar-refractivity contribution in [2.24, 2.45) is 11.8 Å². The van der Waals surface area contributed by atoms with Crippen molar-refractivity contribution in [3.05, 3.63) is 17.7 Å². The van der Waals surface area contributed by atoms with Gasteiger partial charge < -0.3 is 9.47 Å². The molecule has 0 spiro atoms. The second-order valence-electron chi connectivity index (χ2n) is 6.78. The molecule has 2 heterocycles. The number of amides is 1. The summed E-state index contributed by atoms with van der Waals surface area (Å²) in [5, 5.41) is 0. The van der Waals surface area contributed by atoms with Gasteiger partial charge in [-0.05, 0) is 51.9 Å². The minimum Gasteiger partial charge on any atom is -0.342 e. The van der Waals surface area contributed by atoms with Gasteiger partial charge in [0.25, 0.3) is 0 Å². The molecule has 0 unspecified atom stereocenters. The van der Waals surface area contributed by atoms with E-state index in [0.29, 0.717) is 11.8 Å². The number of aryl methyl sites for hydroxylation is 2. The summed E-state index contributed by atoms with van der Waals surface area (Å²) in [4.78, 5) is 18.7. The quantitative estimate of drug-likeness (QED) is 0.854. The Morgan fingerprint density at radius 3 is 2.48 bits per heavy atom. The fourth-order valence-electron chi connectivity index (χ4n) is 3.59. The number of rotatable bonds is 4. The molecule has 1 aliphatic heterocycles. The van der Waals surface area contributed by atoms with Crippen LogP contribution in [0.15, 0.2) is 6.20 Å². The third-order valence-electron chi connectivity index (χ3n) is 5.40. The largest absolute Gasteiger partial charge is 0.342 e. The molecule has 1 amide bonds.